The Labute approximate surface area is 124 Å². The van der Waals surface area contributed by atoms with Gasteiger partial charge >= 0.3 is 0 Å². The molecule has 20 heavy (non-hydrogen) atoms. The Morgan fingerprint density at radius 2 is 2.00 bits per heavy atom. The predicted octanol–water partition coefficient (Wildman–Crippen LogP) is 2.96. The van der Waals surface area contributed by atoms with Crippen LogP contribution in [0.4, 0.5) is 0 Å². The van der Waals surface area contributed by atoms with Crippen molar-refractivity contribution in [2.24, 2.45) is 0 Å². The zero-order valence-electron chi connectivity index (χ0n) is 10.9. The number of aromatic nitrogens is 1. The van der Waals surface area contributed by atoms with Crippen LogP contribution in [0.2, 0.25) is 0 Å². The molecular weight excluding hydrogens is 320 g/mol. The van der Waals surface area contributed by atoms with Gasteiger partial charge in [0.25, 0.3) is 5.91 Å². The first-order valence-electron chi connectivity index (χ1n) is 6.77. The molecule has 104 valence electrons. The zero-order valence-corrected chi connectivity index (χ0v) is 12.5. The fourth-order valence-corrected chi connectivity index (χ4v) is 3.11. The number of nitrogens with one attached hydrogen (secondary N) is 2. The number of carbonyl (C=O) groups is 1. The summed E-state index contributed by atoms with van der Waals surface area (Å²) in [5.74, 6) is -0.161. The quantitative estimate of drug-likeness (QED) is 0.886. The number of rotatable bonds is 2. The van der Waals surface area contributed by atoms with E-state index in [0.29, 0.717) is 11.1 Å². The molecule has 1 aliphatic rings. The van der Waals surface area contributed by atoms with Gasteiger partial charge in [-0.25, -0.2) is 0 Å². The van der Waals surface area contributed by atoms with E-state index in [1.165, 1.54) is 6.07 Å². The molecule has 0 spiro atoms. The smallest absolute Gasteiger partial charge is 0.252 e. The van der Waals surface area contributed by atoms with Gasteiger partial charge in [0.1, 0.15) is 0 Å². The van der Waals surface area contributed by atoms with Gasteiger partial charge in [-0.2, -0.15) is 0 Å². The highest BCUT2D eigenvalue weighted by atomic mass is 79.9. The van der Waals surface area contributed by atoms with Gasteiger partial charge < -0.3 is 10.3 Å². The van der Waals surface area contributed by atoms with Crippen molar-refractivity contribution >= 4 is 32.7 Å². The van der Waals surface area contributed by atoms with Crippen molar-refractivity contribution in [3.8, 4) is 0 Å². The van der Waals surface area contributed by atoms with Crippen LogP contribution in [0.5, 0.6) is 0 Å². The van der Waals surface area contributed by atoms with Crippen molar-refractivity contribution in [3.05, 3.63) is 44.7 Å². The minimum atomic E-state index is -0.253. The van der Waals surface area contributed by atoms with E-state index in [4.69, 9.17) is 0 Å². The molecule has 1 heterocycles. The predicted molar refractivity (Wildman–Crippen MR) is 82.0 cm³/mol. The lowest BCUT2D eigenvalue weighted by molar-refractivity contribution is 0.0939. The van der Waals surface area contributed by atoms with Crippen LogP contribution in [-0.4, -0.2) is 16.9 Å². The SMILES string of the molecule is O=C(NC1CCCC1)c1cc(=O)[nH]c2ccc(Br)cc12. The molecule has 1 saturated carbocycles. The number of amides is 1. The molecule has 1 amide bonds. The Balaban J connectivity index is 2.02. The largest absolute Gasteiger partial charge is 0.349 e. The lowest BCUT2D eigenvalue weighted by atomic mass is 10.1. The van der Waals surface area contributed by atoms with Crippen LogP contribution in [0.3, 0.4) is 0 Å². The van der Waals surface area contributed by atoms with E-state index >= 15 is 0 Å². The van der Waals surface area contributed by atoms with Gasteiger partial charge in [-0.05, 0) is 31.0 Å². The first kappa shape index (κ1) is 13.4. The summed E-state index contributed by atoms with van der Waals surface area (Å²) in [7, 11) is 0. The van der Waals surface area contributed by atoms with Crippen LogP contribution in [0.1, 0.15) is 36.0 Å². The molecule has 0 aliphatic heterocycles. The monoisotopic (exact) mass is 334 g/mol. The number of hydrogen-bond donors (Lipinski definition) is 2. The molecule has 2 aromatic rings. The van der Waals surface area contributed by atoms with Crippen molar-refractivity contribution in [1.82, 2.24) is 10.3 Å². The average molecular weight is 335 g/mol. The van der Waals surface area contributed by atoms with Gasteiger partial charge in [-0.15, -0.1) is 0 Å². The molecule has 0 bridgehead atoms. The van der Waals surface area contributed by atoms with Gasteiger partial charge in [-0.3, -0.25) is 9.59 Å². The third-order valence-corrected chi connectivity index (χ3v) is 4.23. The second-order valence-electron chi connectivity index (χ2n) is 5.19. The maximum Gasteiger partial charge on any atom is 0.252 e. The Hall–Kier alpha value is -1.62. The Bertz CT molecular complexity index is 717. The van der Waals surface area contributed by atoms with Gasteiger partial charge in [0, 0.05) is 27.5 Å². The number of hydrogen-bond acceptors (Lipinski definition) is 2. The number of H-pyrrole nitrogens is 1. The fraction of sp³-hybridized carbons (Fsp3) is 0.333. The highest BCUT2D eigenvalue weighted by Crippen LogP contribution is 2.22. The summed E-state index contributed by atoms with van der Waals surface area (Å²) in [5, 5.41) is 3.79. The molecule has 5 heteroatoms. The average Bonchev–Trinajstić information content (AvgIpc) is 2.91. The Morgan fingerprint density at radius 3 is 2.75 bits per heavy atom. The summed E-state index contributed by atoms with van der Waals surface area (Å²) in [4.78, 5) is 26.8. The number of fused-ring (bicyclic) bond motifs is 1. The molecule has 0 unspecified atom stereocenters. The highest BCUT2D eigenvalue weighted by molar-refractivity contribution is 9.10. The number of benzene rings is 1. The highest BCUT2D eigenvalue weighted by Gasteiger charge is 2.19. The minimum Gasteiger partial charge on any atom is -0.349 e. The maximum absolute atomic E-state index is 12.4. The topological polar surface area (TPSA) is 62.0 Å². The van der Waals surface area contributed by atoms with Gasteiger partial charge in [0.05, 0.1) is 5.56 Å². The maximum atomic E-state index is 12.4. The molecule has 0 atom stereocenters. The molecule has 0 saturated heterocycles. The van der Waals surface area contributed by atoms with Gasteiger partial charge in [0.15, 0.2) is 0 Å². The lowest BCUT2D eigenvalue weighted by Gasteiger charge is -2.13. The van der Waals surface area contributed by atoms with Crippen LogP contribution in [0, 0.1) is 0 Å². The summed E-state index contributed by atoms with van der Waals surface area (Å²) in [6.07, 6.45) is 4.37. The molecule has 2 N–H and O–H groups in total. The fourth-order valence-electron chi connectivity index (χ4n) is 2.75. The van der Waals surface area contributed by atoms with Crippen molar-refractivity contribution < 1.29 is 4.79 Å². The minimum absolute atomic E-state index is 0.161. The third-order valence-electron chi connectivity index (χ3n) is 3.74. The zero-order chi connectivity index (χ0) is 14.1. The third kappa shape index (κ3) is 2.63. The van der Waals surface area contributed by atoms with Crippen LogP contribution in [0.15, 0.2) is 33.5 Å². The van der Waals surface area contributed by atoms with E-state index in [2.05, 4.69) is 26.2 Å². The summed E-state index contributed by atoms with van der Waals surface area (Å²) < 4.78 is 0.881. The van der Waals surface area contributed by atoms with E-state index < -0.39 is 0 Å². The molecule has 1 aliphatic carbocycles. The molecular formula is C15H15BrN2O2. The van der Waals surface area contributed by atoms with Gasteiger partial charge in [0.2, 0.25) is 5.56 Å². The van der Waals surface area contributed by atoms with Crippen molar-refractivity contribution in [2.75, 3.05) is 0 Å². The molecule has 1 fully saturated rings. The number of aromatic amines is 1. The number of halogens is 1. The number of carbonyl (C=O) groups excluding carboxylic acids is 1. The second kappa shape index (κ2) is 5.40. The van der Waals surface area contributed by atoms with Crippen molar-refractivity contribution in [1.29, 1.82) is 0 Å². The van der Waals surface area contributed by atoms with Gasteiger partial charge in [-0.1, -0.05) is 28.8 Å². The standard InChI is InChI=1S/C15H15BrN2O2/c16-9-5-6-13-11(7-9)12(8-14(19)18-13)15(20)17-10-3-1-2-4-10/h5-8,10H,1-4H2,(H,17,20)(H,18,19). The van der Waals surface area contributed by atoms with E-state index in [1.54, 1.807) is 6.07 Å². The molecule has 4 nitrogen and oxygen atoms in total. The Morgan fingerprint density at radius 1 is 1.25 bits per heavy atom. The first-order valence-corrected chi connectivity index (χ1v) is 7.56. The lowest BCUT2D eigenvalue weighted by Crippen LogP contribution is -2.33. The van der Waals surface area contributed by atoms with Crippen LogP contribution >= 0.6 is 15.9 Å². The molecule has 1 aromatic carbocycles. The summed E-state index contributed by atoms with van der Waals surface area (Å²) >= 11 is 3.40. The van der Waals surface area contributed by atoms with Crippen LogP contribution in [0.25, 0.3) is 10.9 Å². The molecule has 0 radical (unpaired) electrons. The number of pyridine rings is 1. The normalized spacial score (nSPS) is 15.7. The summed E-state index contributed by atoms with van der Waals surface area (Å²) in [6, 6.07) is 7.11. The summed E-state index contributed by atoms with van der Waals surface area (Å²) in [5.41, 5.74) is 0.866. The van der Waals surface area contributed by atoms with Crippen molar-refractivity contribution in [2.45, 2.75) is 31.7 Å². The summed E-state index contributed by atoms with van der Waals surface area (Å²) in [6.45, 7) is 0. The van der Waals surface area contributed by atoms with E-state index in [1.807, 2.05) is 12.1 Å². The Kier molecular flexibility index (Phi) is 3.61. The van der Waals surface area contributed by atoms with E-state index in [9.17, 15) is 9.59 Å². The van der Waals surface area contributed by atoms with Crippen LogP contribution < -0.4 is 10.9 Å². The van der Waals surface area contributed by atoms with Crippen LogP contribution in [-0.2, 0) is 0 Å². The van der Waals surface area contributed by atoms with E-state index in [0.717, 1.165) is 35.5 Å². The first-order chi connectivity index (χ1) is 9.63. The molecule has 1 aromatic heterocycles. The molecule has 3 rings (SSSR count). The van der Waals surface area contributed by atoms with E-state index in [-0.39, 0.29) is 17.5 Å². The second-order valence-corrected chi connectivity index (χ2v) is 6.11. The van der Waals surface area contributed by atoms with Crippen molar-refractivity contribution in [3.63, 3.8) is 0 Å².